The van der Waals surface area contributed by atoms with E-state index in [1.165, 1.54) is 25.7 Å². The van der Waals surface area contributed by atoms with Gasteiger partial charge in [-0.05, 0) is 37.0 Å². The van der Waals surface area contributed by atoms with Crippen molar-refractivity contribution in [3.05, 3.63) is 29.8 Å². The maximum Gasteiger partial charge on any atom is 0.333 e. The zero-order chi connectivity index (χ0) is 24.5. The molecule has 0 fully saturated rings. The van der Waals surface area contributed by atoms with Crippen molar-refractivity contribution >= 4 is 12.0 Å². The number of unbranched alkanes of at least 4 members (excludes halogenated alkanes) is 5. The van der Waals surface area contributed by atoms with Crippen LogP contribution in [0.5, 0.6) is 5.75 Å². The molecule has 0 heterocycles. The average molecular weight is 465 g/mol. The van der Waals surface area contributed by atoms with Crippen LogP contribution in [0.2, 0.25) is 0 Å². The fraction of sp³-hybridized carbons (Fsp3) is 0.692. The van der Waals surface area contributed by atoms with Crippen molar-refractivity contribution < 1.29 is 24.2 Å². The molecule has 188 valence electrons. The third-order valence-corrected chi connectivity index (χ3v) is 5.35. The quantitative estimate of drug-likeness (QED) is 0.294. The van der Waals surface area contributed by atoms with Gasteiger partial charge in [-0.25, -0.2) is 9.59 Å². The van der Waals surface area contributed by atoms with Crippen LogP contribution < -0.4 is 10.1 Å². The van der Waals surface area contributed by atoms with Gasteiger partial charge in [-0.15, -0.1) is 0 Å². The largest absolute Gasteiger partial charge is 0.492 e. The average Bonchev–Trinajstić information content (AvgIpc) is 2.79. The lowest BCUT2D eigenvalue weighted by molar-refractivity contribution is -0.149. The summed E-state index contributed by atoms with van der Waals surface area (Å²) in [6.45, 7) is 10.8. The normalized spacial score (nSPS) is 11.9. The monoisotopic (exact) mass is 464 g/mol. The number of hydrogen-bond donors (Lipinski definition) is 2. The van der Waals surface area contributed by atoms with Crippen LogP contribution in [0.1, 0.15) is 71.8 Å². The van der Waals surface area contributed by atoms with E-state index in [0.29, 0.717) is 44.4 Å². The van der Waals surface area contributed by atoms with Crippen LogP contribution in [0.15, 0.2) is 24.3 Å². The van der Waals surface area contributed by atoms with Gasteiger partial charge >= 0.3 is 12.0 Å². The second kappa shape index (κ2) is 17.2. The molecular weight excluding hydrogens is 420 g/mol. The number of carbonyl (C=O) groups is 2. The fourth-order valence-electron chi connectivity index (χ4n) is 3.43. The van der Waals surface area contributed by atoms with Gasteiger partial charge in [0.15, 0.2) is 6.10 Å². The number of nitrogens with zero attached hydrogens (tertiary/aromatic N) is 1. The van der Waals surface area contributed by atoms with Crippen LogP contribution in [-0.4, -0.2) is 61.0 Å². The minimum Gasteiger partial charge on any atom is -0.492 e. The Labute approximate surface area is 199 Å². The Balaban J connectivity index is 2.52. The van der Waals surface area contributed by atoms with E-state index >= 15 is 0 Å². The number of rotatable bonds is 18. The van der Waals surface area contributed by atoms with Gasteiger partial charge in [-0.2, -0.15) is 0 Å². The molecule has 0 aliphatic carbocycles. The molecule has 1 aromatic rings. The summed E-state index contributed by atoms with van der Waals surface area (Å²) in [4.78, 5) is 25.7. The highest BCUT2D eigenvalue weighted by atomic mass is 16.5. The van der Waals surface area contributed by atoms with Gasteiger partial charge in [0.25, 0.3) is 0 Å². The Morgan fingerprint density at radius 1 is 1.00 bits per heavy atom. The predicted molar refractivity (Wildman–Crippen MR) is 132 cm³/mol. The van der Waals surface area contributed by atoms with Crippen molar-refractivity contribution in [2.45, 2.75) is 78.7 Å². The van der Waals surface area contributed by atoms with Crippen LogP contribution in [-0.2, 0) is 16.0 Å². The molecule has 0 spiro atoms. The summed E-state index contributed by atoms with van der Waals surface area (Å²) in [7, 11) is 0. The Morgan fingerprint density at radius 3 is 2.27 bits per heavy atom. The molecule has 0 saturated heterocycles. The van der Waals surface area contributed by atoms with Crippen LogP contribution in [0.4, 0.5) is 4.79 Å². The van der Waals surface area contributed by atoms with Gasteiger partial charge in [0.2, 0.25) is 0 Å². The number of carboxylic acids is 1. The first-order valence-electron chi connectivity index (χ1n) is 12.5. The lowest BCUT2D eigenvalue weighted by Gasteiger charge is -2.24. The third kappa shape index (κ3) is 13.1. The number of urea groups is 1. The van der Waals surface area contributed by atoms with E-state index in [2.05, 4.69) is 26.1 Å². The molecule has 0 radical (unpaired) electrons. The molecule has 0 aromatic heterocycles. The standard InChI is InChI=1S/C26H44N2O5/c1-5-7-8-9-10-11-16-28(26(31)27-20-21(3)4)17-18-33-23-14-12-22(13-15-23)19-24(25(29)30)32-6-2/h12-15,21,24H,5-11,16-20H2,1-4H3,(H,27,31)(H,29,30). The summed E-state index contributed by atoms with van der Waals surface area (Å²) in [5.74, 6) is 0.144. The third-order valence-electron chi connectivity index (χ3n) is 5.35. The smallest absolute Gasteiger partial charge is 0.333 e. The van der Waals surface area contributed by atoms with Crippen molar-refractivity contribution in [3.63, 3.8) is 0 Å². The van der Waals surface area contributed by atoms with Gasteiger partial charge < -0.3 is 24.8 Å². The number of amides is 2. The SMILES string of the molecule is CCCCCCCCN(CCOc1ccc(CC(OCC)C(=O)O)cc1)C(=O)NCC(C)C. The summed E-state index contributed by atoms with van der Waals surface area (Å²) in [5, 5.41) is 12.2. The second-order valence-electron chi connectivity index (χ2n) is 8.81. The number of nitrogens with one attached hydrogen (secondary N) is 1. The summed E-state index contributed by atoms with van der Waals surface area (Å²) in [6, 6.07) is 7.34. The van der Waals surface area contributed by atoms with Gasteiger partial charge in [-0.3, -0.25) is 0 Å². The highest BCUT2D eigenvalue weighted by Gasteiger charge is 2.18. The molecule has 0 saturated carbocycles. The number of hydrogen-bond acceptors (Lipinski definition) is 4. The van der Waals surface area contributed by atoms with Crippen LogP contribution in [0.25, 0.3) is 0 Å². The molecular formula is C26H44N2O5. The predicted octanol–water partition coefficient (Wildman–Crippen LogP) is 5.13. The first-order valence-corrected chi connectivity index (χ1v) is 12.5. The molecule has 0 aliphatic rings. The van der Waals surface area contributed by atoms with Crippen LogP contribution in [0, 0.1) is 5.92 Å². The molecule has 1 unspecified atom stereocenters. The Bertz CT molecular complexity index is 663. The zero-order valence-electron chi connectivity index (χ0n) is 21.0. The summed E-state index contributed by atoms with van der Waals surface area (Å²) in [6.07, 6.45) is 6.57. The van der Waals surface area contributed by atoms with Gasteiger partial charge in [-0.1, -0.05) is 65.0 Å². The lowest BCUT2D eigenvalue weighted by atomic mass is 10.1. The minimum atomic E-state index is -0.960. The number of aliphatic carboxylic acids is 1. The molecule has 2 N–H and O–H groups in total. The molecule has 7 nitrogen and oxygen atoms in total. The van der Waals surface area contributed by atoms with Crippen molar-refractivity contribution in [2.24, 2.45) is 5.92 Å². The zero-order valence-corrected chi connectivity index (χ0v) is 21.0. The molecule has 33 heavy (non-hydrogen) atoms. The maximum absolute atomic E-state index is 12.6. The van der Waals surface area contributed by atoms with E-state index in [1.54, 1.807) is 6.92 Å². The van der Waals surface area contributed by atoms with Crippen molar-refractivity contribution in [3.8, 4) is 5.75 Å². The number of benzene rings is 1. The molecule has 1 atom stereocenters. The highest BCUT2D eigenvalue weighted by molar-refractivity contribution is 5.74. The Hall–Kier alpha value is -2.28. The summed E-state index contributed by atoms with van der Waals surface area (Å²) in [5.41, 5.74) is 0.876. The van der Waals surface area contributed by atoms with Crippen LogP contribution >= 0.6 is 0 Å². The van der Waals surface area contributed by atoms with Crippen LogP contribution in [0.3, 0.4) is 0 Å². The summed E-state index contributed by atoms with van der Waals surface area (Å²) >= 11 is 0. The molecule has 1 rings (SSSR count). The van der Waals surface area contributed by atoms with E-state index in [1.807, 2.05) is 29.2 Å². The Kier molecular flexibility index (Phi) is 15.0. The van der Waals surface area contributed by atoms with Gasteiger partial charge in [0.1, 0.15) is 12.4 Å². The fourth-order valence-corrected chi connectivity index (χ4v) is 3.43. The minimum absolute atomic E-state index is 0.0353. The maximum atomic E-state index is 12.6. The van der Waals surface area contributed by atoms with Crippen molar-refractivity contribution in [2.75, 3.05) is 32.8 Å². The van der Waals surface area contributed by atoms with E-state index in [-0.39, 0.29) is 6.03 Å². The first-order chi connectivity index (χ1) is 15.9. The summed E-state index contributed by atoms with van der Waals surface area (Å²) < 4.78 is 11.1. The molecule has 0 aliphatic heterocycles. The molecule has 0 bridgehead atoms. The van der Waals surface area contributed by atoms with E-state index in [9.17, 15) is 14.7 Å². The molecule has 1 aromatic carbocycles. The van der Waals surface area contributed by atoms with E-state index in [4.69, 9.17) is 9.47 Å². The number of carbonyl (C=O) groups excluding carboxylic acids is 1. The highest BCUT2D eigenvalue weighted by Crippen LogP contribution is 2.15. The Morgan fingerprint density at radius 2 is 1.67 bits per heavy atom. The van der Waals surface area contributed by atoms with E-state index in [0.717, 1.165) is 24.9 Å². The second-order valence-corrected chi connectivity index (χ2v) is 8.81. The van der Waals surface area contributed by atoms with Gasteiger partial charge in [0, 0.05) is 26.1 Å². The van der Waals surface area contributed by atoms with Crippen molar-refractivity contribution in [1.82, 2.24) is 10.2 Å². The molecule has 2 amide bonds. The number of carboxylic acid groups (broad SMARTS) is 1. The number of ether oxygens (including phenoxy) is 2. The first kappa shape index (κ1) is 28.8. The topological polar surface area (TPSA) is 88.1 Å². The lowest BCUT2D eigenvalue weighted by Crippen LogP contribution is -2.43. The van der Waals surface area contributed by atoms with Gasteiger partial charge in [0.05, 0.1) is 6.54 Å². The molecule has 7 heteroatoms. The van der Waals surface area contributed by atoms with E-state index < -0.39 is 12.1 Å². The van der Waals surface area contributed by atoms with Crippen molar-refractivity contribution in [1.29, 1.82) is 0 Å².